The van der Waals surface area contributed by atoms with Crippen LogP contribution in [0.3, 0.4) is 0 Å². The molecule has 1 saturated heterocycles. The number of methoxy groups -OCH3 is 1. The summed E-state index contributed by atoms with van der Waals surface area (Å²) in [5.41, 5.74) is 0.524. The van der Waals surface area contributed by atoms with Gasteiger partial charge in [0.05, 0.1) is 19.2 Å². The molecule has 0 amide bonds. The van der Waals surface area contributed by atoms with Crippen LogP contribution in [0.5, 0.6) is 0 Å². The van der Waals surface area contributed by atoms with Crippen molar-refractivity contribution in [2.75, 3.05) is 20.2 Å². The summed E-state index contributed by atoms with van der Waals surface area (Å²) in [6.07, 6.45) is 2.70. The number of carbonyl (C=O) groups is 1. The fourth-order valence-electron chi connectivity index (χ4n) is 2.09. The molecule has 2 heterocycles. The number of pyridine rings is 1. The second kappa shape index (κ2) is 4.57. The van der Waals surface area contributed by atoms with Crippen LogP contribution in [0.4, 0.5) is 4.39 Å². The van der Waals surface area contributed by atoms with Gasteiger partial charge in [0.2, 0.25) is 0 Å². The van der Waals surface area contributed by atoms with E-state index < -0.39 is 0 Å². The Bertz CT molecular complexity index is 397. The number of nitrogens with zero attached hydrogens (tertiary/aromatic N) is 1. The minimum atomic E-state index is -0.370. The molecule has 0 saturated carbocycles. The molecule has 5 heteroatoms. The molecule has 2 atom stereocenters. The lowest BCUT2D eigenvalue weighted by Crippen LogP contribution is -2.23. The van der Waals surface area contributed by atoms with Gasteiger partial charge in [-0.3, -0.25) is 9.78 Å². The number of esters is 1. The van der Waals surface area contributed by atoms with Crippen LogP contribution in [0.25, 0.3) is 0 Å². The van der Waals surface area contributed by atoms with Crippen LogP contribution in [0.1, 0.15) is 11.5 Å². The second-order valence-electron chi connectivity index (χ2n) is 3.79. The number of ether oxygens (including phenoxy) is 1. The maximum absolute atomic E-state index is 13.5. The van der Waals surface area contributed by atoms with E-state index in [1.807, 2.05) is 0 Å². The smallest absolute Gasteiger partial charge is 0.310 e. The third-order valence-electron chi connectivity index (χ3n) is 2.92. The third kappa shape index (κ3) is 1.90. The summed E-state index contributed by atoms with van der Waals surface area (Å²) in [7, 11) is 1.35. The fourth-order valence-corrected chi connectivity index (χ4v) is 2.09. The monoisotopic (exact) mass is 224 g/mol. The van der Waals surface area contributed by atoms with Gasteiger partial charge in [-0.15, -0.1) is 0 Å². The lowest BCUT2D eigenvalue weighted by molar-refractivity contribution is -0.145. The molecule has 0 radical (unpaired) electrons. The summed E-state index contributed by atoms with van der Waals surface area (Å²) in [5.74, 6) is -1.16. The number of aromatic nitrogens is 1. The summed E-state index contributed by atoms with van der Waals surface area (Å²) in [4.78, 5) is 15.2. The SMILES string of the molecule is COC(=O)C1CNCC1c1ccncc1F. The largest absolute Gasteiger partial charge is 0.469 e. The fraction of sp³-hybridized carbons (Fsp3) is 0.455. The quantitative estimate of drug-likeness (QED) is 0.751. The highest BCUT2D eigenvalue weighted by molar-refractivity contribution is 5.74. The summed E-state index contributed by atoms with van der Waals surface area (Å²) in [6, 6.07) is 1.61. The van der Waals surface area contributed by atoms with Crippen molar-refractivity contribution in [1.29, 1.82) is 0 Å². The molecule has 1 fully saturated rings. The van der Waals surface area contributed by atoms with Gasteiger partial charge in [-0.25, -0.2) is 4.39 Å². The normalized spacial score (nSPS) is 24.4. The number of halogens is 1. The van der Waals surface area contributed by atoms with Crippen molar-refractivity contribution in [1.82, 2.24) is 10.3 Å². The van der Waals surface area contributed by atoms with Gasteiger partial charge >= 0.3 is 5.97 Å². The molecule has 0 bridgehead atoms. The molecule has 1 aliphatic rings. The number of rotatable bonds is 2. The number of carbonyl (C=O) groups excluding carboxylic acids is 1. The Morgan fingerprint density at radius 2 is 2.44 bits per heavy atom. The Balaban J connectivity index is 2.27. The molecule has 0 aliphatic carbocycles. The minimum Gasteiger partial charge on any atom is -0.469 e. The summed E-state index contributed by atoms with van der Waals surface area (Å²) < 4.78 is 18.2. The van der Waals surface area contributed by atoms with Gasteiger partial charge in [0.25, 0.3) is 0 Å². The standard InChI is InChI=1S/C11H13FN2O2/c1-16-11(15)9-5-14-4-8(9)7-2-3-13-6-10(7)12/h2-3,6,8-9,14H,4-5H2,1H3. The average Bonchev–Trinajstić information content (AvgIpc) is 2.77. The predicted octanol–water partition coefficient (Wildman–Crippen LogP) is 0.697. The molecule has 2 rings (SSSR count). The summed E-state index contributed by atoms with van der Waals surface area (Å²) >= 11 is 0. The first-order valence-electron chi connectivity index (χ1n) is 5.12. The van der Waals surface area contributed by atoms with E-state index in [-0.39, 0.29) is 23.6 Å². The van der Waals surface area contributed by atoms with Crippen LogP contribution >= 0.6 is 0 Å². The van der Waals surface area contributed by atoms with Crippen molar-refractivity contribution >= 4 is 5.97 Å². The molecule has 1 aromatic heterocycles. The van der Waals surface area contributed by atoms with E-state index in [4.69, 9.17) is 4.74 Å². The molecule has 1 N–H and O–H groups in total. The molecule has 16 heavy (non-hydrogen) atoms. The van der Waals surface area contributed by atoms with Crippen molar-refractivity contribution in [3.63, 3.8) is 0 Å². The Morgan fingerprint density at radius 3 is 3.12 bits per heavy atom. The maximum atomic E-state index is 13.5. The van der Waals surface area contributed by atoms with Gasteiger partial charge in [0, 0.05) is 25.2 Å². The van der Waals surface area contributed by atoms with Crippen LogP contribution in [0.2, 0.25) is 0 Å². The highest BCUT2D eigenvalue weighted by Crippen LogP contribution is 2.30. The predicted molar refractivity (Wildman–Crippen MR) is 55.3 cm³/mol. The molecular formula is C11H13FN2O2. The molecular weight excluding hydrogens is 211 g/mol. The van der Waals surface area contributed by atoms with E-state index >= 15 is 0 Å². The van der Waals surface area contributed by atoms with E-state index in [2.05, 4.69) is 10.3 Å². The Hall–Kier alpha value is -1.49. The van der Waals surface area contributed by atoms with Gasteiger partial charge in [-0.2, -0.15) is 0 Å². The first kappa shape index (κ1) is 11.0. The number of hydrogen-bond acceptors (Lipinski definition) is 4. The Kier molecular flexibility index (Phi) is 3.14. The zero-order chi connectivity index (χ0) is 11.5. The maximum Gasteiger partial charge on any atom is 0.310 e. The first-order valence-corrected chi connectivity index (χ1v) is 5.12. The van der Waals surface area contributed by atoms with Crippen LogP contribution in [-0.4, -0.2) is 31.2 Å². The van der Waals surface area contributed by atoms with Crippen molar-refractivity contribution in [2.24, 2.45) is 5.92 Å². The summed E-state index contributed by atoms with van der Waals surface area (Å²) in [6.45, 7) is 1.11. The third-order valence-corrected chi connectivity index (χ3v) is 2.92. The van der Waals surface area contributed by atoms with Crippen molar-refractivity contribution in [2.45, 2.75) is 5.92 Å². The van der Waals surface area contributed by atoms with Crippen LogP contribution in [-0.2, 0) is 9.53 Å². The van der Waals surface area contributed by atoms with E-state index in [1.165, 1.54) is 19.5 Å². The Morgan fingerprint density at radius 1 is 1.62 bits per heavy atom. The highest BCUT2D eigenvalue weighted by Gasteiger charge is 2.36. The molecule has 4 nitrogen and oxygen atoms in total. The topological polar surface area (TPSA) is 51.2 Å². The van der Waals surface area contributed by atoms with Gasteiger partial charge in [-0.05, 0) is 11.6 Å². The van der Waals surface area contributed by atoms with Gasteiger partial charge in [0.1, 0.15) is 5.82 Å². The van der Waals surface area contributed by atoms with Crippen LogP contribution in [0, 0.1) is 11.7 Å². The Labute approximate surface area is 92.8 Å². The number of hydrogen-bond donors (Lipinski definition) is 1. The highest BCUT2D eigenvalue weighted by atomic mass is 19.1. The van der Waals surface area contributed by atoms with E-state index in [0.29, 0.717) is 18.7 Å². The van der Waals surface area contributed by atoms with Gasteiger partial charge in [0.15, 0.2) is 0 Å². The first-order chi connectivity index (χ1) is 7.74. The molecule has 0 aromatic carbocycles. The van der Waals surface area contributed by atoms with Gasteiger partial charge < -0.3 is 10.1 Å². The van der Waals surface area contributed by atoms with Crippen molar-refractivity contribution in [3.05, 3.63) is 29.8 Å². The lowest BCUT2D eigenvalue weighted by atomic mass is 9.89. The molecule has 0 spiro atoms. The molecule has 1 aromatic rings. The van der Waals surface area contributed by atoms with Gasteiger partial charge in [-0.1, -0.05) is 0 Å². The zero-order valence-electron chi connectivity index (χ0n) is 8.94. The zero-order valence-corrected chi connectivity index (χ0v) is 8.94. The van der Waals surface area contributed by atoms with Crippen LogP contribution in [0.15, 0.2) is 18.5 Å². The number of nitrogens with one attached hydrogen (secondary N) is 1. The summed E-state index contributed by atoms with van der Waals surface area (Å²) in [5, 5.41) is 3.08. The second-order valence-corrected chi connectivity index (χ2v) is 3.79. The lowest BCUT2D eigenvalue weighted by Gasteiger charge is -2.16. The van der Waals surface area contributed by atoms with E-state index in [9.17, 15) is 9.18 Å². The van der Waals surface area contributed by atoms with E-state index in [0.717, 1.165) is 0 Å². The van der Waals surface area contributed by atoms with Crippen molar-refractivity contribution < 1.29 is 13.9 Å². The van der Waals surface area contributed by atoms with Crippen LogP contribution < -0.4 is 5.32 Å². The van der Waals surface area contributed by atoms with Crippen molar-refractivity contribution in [3.8, 4) is 0 Å². The molecule has 1 aliphatic heterocycles. The average molecular weight is 224 g/mol. The van der Waals surface area contributed by atoms with E-state index in [1.54, 1.807) is 6.07 Å². The molecule has 2 unspecified atom stereocenters. The minimum absolute atomic E-state index is 0.171. The molecule has 86 valence electrons.